The zero-order chi connectivity index (χ0) is 15.1. The van der Waals surface area contributed by atoms with Gasteiger partial charge in [0.05, 0.1) is 6.54 Å². The highest BCUT2D eigenvalue weighted by atomic mass is 16.2. The van der Waals surface area contributed by atoms with E-state index < -0.39 is 0 Å². The maximum Gasteiger partial charge on any atom is 0.321 e. The number of urea groups is 1. The smallest absolute Gasteiger partial charge is 0.321 e. The molecule has 0 atom stereocenters. The molecule has 0 unspecified atom stereocenters. The highest BCUT2D eigenvalue weighted by molar-refractivity contribution is 5.90. The molecule has 0 aromatic heterocycles. The summed E-state index contributed by atoms with van der Waals surface area (Å²) in [7, 11) is 0. The third-order valence-electron chi connectivity index (χ3n) is 3.71. The largest absolute Gasteiger partial charge is 0.325 e. The molecule has 1 aliphatic heterocycles. The molecule has 0 aliphatic carbocycles. The molecular weight excluding hydrogens is 262 g/mol. The van der Waals surface area contributed by atoms with Crippen molar-refractivity contribution in [1.82, 2.24) is 4.90 Å². The number of hydrogen-bond donors (Lipinski definition) is 2. The number of aryl methyl sites for hydroxylation is 1. The van der Waals surface area contributed by atoms with Gasteiger partial charge in [-0.25, -0.2) is 4.79 Å². The van der Waals surface area contributed by atoms with E-state index in [9.17, 15) is 4.79 Å². The maximum absolute atomic E-state index is 12.4. The number of benzene rings is 1. The summed E-state index contributed by atoms with van der Waals surface area (Å²) in [6.07, 6.45) is 4.61. The third-order valence-corrected chi connectivity index (χ3v) is 3.71. The first-order chi connectivity index (χ1) is 10.2. The summed E-state index contributed by atoms with van der Waals surface area (Å²) in [5, 5.41) is 3.01. The van der Waals surface area contributed by atoms with E-state index in [-0.39, 0.29) is 6.03 Å². The SMILES string of the molecule is Cc1ccc(C#CCN)cc1NC(=O)N1CCCCCC1. The molecule has 1 aliphatic rings. The van der Waals surface area contributed by atoms with Crippen LogP contribution >= 0.6 is 0 Å². The fraction of sp³-hybridized carbons (Fsp3) is 0.471. The van der Waals surface area contributed by atoms with E-state index in [1.807, 2.05) is 30.0 Å². The summed E-state index contributed by atoms with van der Waals surface area (Å²) < 4.78 is 0. The Labute approximate surface area is 126 Å². The van der Waals surface area contributed by atoms with Crippen LogP contribution in [-0.4, -0.2) is 30.6 Å². The average Bonchev–Trinajstić information content (AvgIpc) is 2.77. The lowest BCUT2D eigenvalue weighted by Gasteiger charge is -2.21. The second kappa shape index (κ2) is 7.70. The highest BCUT2D eigenvalue weighted by Crippen LogP contribution is 2.18. The Bertz CT molecular complexity index is 549. The molecule has 0 spiro atoms. The van der Waals surface area contributed by atoms with E-state index in [1.54, 1.807) is 0 Å². The lowest BCUT2D eigenvalue weighted by Crippen LogP contribution is -2.35. The van der Waals surface area contributed by atoms with Crippen LogP contribution in [0.3, 0.4) is 0 Å². The van der Waals surface area contributed by atoms with Crippen LogP contribution in [0.2, 0.25) is 0 Å². The van der Waals surface area contributed by atoms with Crippen molar-refractivity contribution >= 4 is 11.7 Å². The number of nitrogens with one attached hydrogen (secondary N) is 1. The first kappa shape index (κ1) is 15.4. The van der Waals surface area contributed by atoms with Crippen LogP contribution in [-0.2, 0) is 0 Å². The summed E-state index contributed by atoms with van der Waals surface area (Å²) in [5.74, 6) is 5.83. The highest BCUT2D eigenvalue weighted by Gasteiger charge is 2.16. The Morgan fingerprint density at radius 1 is 1.29 bits per heavy atom. The van der Waals surface area contributed by atoms with E-state index in [0.717, 1.165) is 42.7 Å². The van der Waals surface area contributed by atoms with Crippen molar-refractivity contribution in [2.75, 3.05) is 25.0 Å². The number of carbonyl (C=O) groups excluding carboxylic acids is 1. The minimum Gasteiger partial charge on any atom is -0.325 e. The van der Waals surface area contributed by atoms with E-state index in [4.69, 9.17) is 5.73 Å². The van der Waals surface area contributed by atoms with Crippen molar-refractivity contribution in [2.45, 2.75) is 32.6 Å². The molecule has 0 radical (unpaired) electrons. The second-order valence-corrected chi connectivity index (χ2v) is 5.37. The van der Waals surface area contributed by atoms with Gasteiger partial charge in [-0.2, -0.15) is 0 Å². The van der Waals surface area contributed by atoms with E-state index in [2.05, 4.69) is 17.2 Å². The van der Waals surface area contributed by atoms with E-state index in [0.29, 0.717) is 6.54 Å². The monoisotopic (exact) mass is 285 g/mol. The minimum absolute atomic E-state index is 0.0102. The van der Waals surface area contributed by atoms with Crippen LogP contribution in [0.5, 0.6) is 0 Å². The fourth-order valence-electron chi connectivity index (χ4n) is 2.46. The van der Waals surface area contributed by atoms with Gasteiger partial charge in [0.1, 0.15) is 0 Å². The number of nitrogens with zero attached hydrogens (tertiary/aromatic N) is 1. The Morgan fingerprint density at radius 2 is 2.00 bits per heavy atom. The molecule has 1 aromatic carbocycles. The van der Waals surface area contributed by atoms with Crippen molar-refractivity contribution in [3.05, 3.63) is 29.3 Å². The molecule has 2 rings (SSSR count). The molecule has 112 valence electrons. The number of anilines is 1. The lowest BCUT2D eigenvalue weighted by atomic mass is 10.1. The molecule has 4 heteroatoms. The van der Waals surface area contributed by atoms with Gasteiger partial charge < -0.3 is 16.0 Å². The van der Waals surface area contributed by atoms with Crippen molar-refractivity contribution in [3.8, 4) is 11.8 Å². The van der Waals surface area contributed by atoms with Gasteiger partial charge in [0.25, 0.3) is 0 Å². The van der Waals surface area contributed by atoms with Gasteiger partial charge in [-0.3, -0.25) is 0 Å². The molecule has 1 aromatic rings. The van der Waals surface area contributed by atoms with Crippen molar-refractivity contribution in [2.24, 2.45) is 5.73 Å². The average molecular weight is 285 g/mol. The number of hydrogen-bond acceptors (Lipinski definition) is 2. The third kappa shape index (κ3) is 4.51. The Kier molecular flexibility index (Phi) is 5.65. The van der Waals surface area contributed by atoms with E-state index in [1.165, 1.54) is 12.8 Å². The number of carbonyl (C=O) groups is 1. The molecule has 4 nitrogen and oxygen atoms in total. The Balaban J connectivity index is 2.08. The standard InChI is InChI=1S/C17H23N3O/c1-14-8-9-15(7-6-10-18)13-16(14)19-17(21)20-11-4-2-3-5-12-20/h8-9,13H,2-5,10-12,18H2,1H3,(H,19,21). The predicted molar refractivity (Wildman–Crippen MR) is 86.2 cm³/mol. The van der Waals surface area contributed by atoms with Crippen LogP contribution in [0.25, 0.3) is 0 Å². The minimum atomic E-state index is -0.0102. The fourth-order valence-corrected chi connectivity index (χ4v) is 2.46. The molecule has 1 heterocycles. The summed E-state index contributed by atoms with van der Waals surface area (Å²) in [6.45, 7) is 4.01. The number of rotatable bonds is 1. The molecule has 1 saturated heterocycles. The molecule has 21 heavy (non-hydrogen) atoms. The van der Waals surface area contributed by atoms with Gasteiger partial charge >= 0.3 is 6.03 Å². The van der Waals surface area contributed by atoms with Crippen LogP contribution < -0.4 is 11.1 Å². The summed E-state index contributed by atoms with van der Waals surface area (Å²) in [6, 6.07) is 5.82. The number of likely N-dealkylation sites (tertiary alicyclic amines) is 1. The van der Waals surface area contributed by atoms with Gasteiger partial charge in [-0.1, -0.05) is 30.7 Å². The summed E-state index contributed by atoms with van der Waals surface area (Å²) >= 11 is 0. The summed E-state index contributed by atoms with van der Waals surface area (Å²) in [4.78, 5) is 14.3. The van der Waals surface area contributed by atoms with Crippen molar-refractivity contribution in [3.63, 3.8) is 0 Å². The van der Waals surface area contributed by atoms with Gasteiger partial charge in [0.15, 0.2) is 0 Å². The second-order valence-electron chi connectivity index (χ2n) is 5.37. The normalized spacial score (nSPS) is 14.9. The molecule has 2 amide bonds. The number of nitrogens with two attached hydrogens (primary N) is 1. The molecule has 1 fully saturated rings. The van der Waals surface area contributed by atoms with Crippen LogP contribution in [0, 0.1) is 18.8 Å². The Morgan fingerprint density at radius 3 is 2.67 bits per heavy atom. The first-order valence-electron chi connectivity index (χ1n) is 7.56. The predicted octanol–water partition coefficient (Wildman–Crippen LogP) is 2.71. The van der Waals surface area contributed by atoms with Gasteiger partial charge in [-0.05, 0) is 37.5 Å². The zero-order valence-electron chi connectivity index (χ0n) is 12.6. The van der Waals surface area contributed by atoms with Gasteiger partial charge in [0, 0.05) is 24.3 Å². The molecule has 0 bridgehead atoms. The van der Waals surface area contributed by atoms with Crippen molar-refractivity contribution in [1.29, 1.82) is 0 Å². The Hall–Kier alpha value is -1.99. The van der Waals surface area contributed by atoms with Gasteiger partial charge in [-0.15, -0.1) is 0 Å². The topological polar surface area (TPSA) is 58.4 Å². The molecular formula is C17H23N3O. The zero-order valence-corrected chi connectivity index (χ0v) is 12.6. The van der Waals surface area contributed by atoms with Crippen LogP contribution in [0.15, 0.2) is 18.2 Å². The van der Waals surface area contributed by atoms with Crippen molar-refractivity contribution < 1.29 is 4.79 Å². The van der Waals surface area contributed by atoms with Gasteiger partial charge in [0.2, 0.25) is 0 Å². The summed E-state index contributed by atoms with van der Waals surface area (Å²) in [5.41, 5.74) is 8.13. The molecule has 3 N–H and O–H groups in total. The number of amides is 2. The first-order valence-corrected chi connectivity index (χ1v) is 7.56. The quantitative estimate of drug-likeness (QED) is 0.779. The maximum atomic E-state index is 12.4. The van der Waals surface area contributed by atoms with Crippen LogP contribution in [0.1, 0.15) is 36.8 Å². The van der Waals surface area contributed by atoms with Crippen LogP contribution in [0.4, 0.5) is 10.5 Å². The molecule has 0 saturated carbocycles. The lowest BCUT2D eigenvalue weighted by molar-refractivity contribution is 0.213. The van der Waals surface area contributed by atoms with E-state index >= 15 is 0 Å².